The zero-order chi connectivity index (χ0) is 27.6. The van der Waals surface area contributed by atoms with Crippen LogP contribution < -0.4 is 5.32 Å². The first-order valence-corrected chi connectivity index (χ1v) is 14.4. The summed E-state index contributed by atoms with van der Waals surface area (Å²) in [4.78, 5) is 14.0. The van der Waals surface area contributed by atoms with E-state index in [-0.39, 0.29) is 23.6 Å². The molecule has 0 amide bonds. The van der Waals surface area contributed by atoms with Gasteiger partial charge in [0, 0.05) is 56.2 Å². The van der Waals surface area contributed by atoms with Gasteiger partial charge in [0.05, 0.1) is 24.5 Å². The van der Waals surface area contributed by atoms with Crippen LogP contribution in [0.4, 0.5) is 19.0 Å². The van der Waals surface area contributed by atoms with Gasteiger partial charge in [-0.25, -0.2) is 9.97 Å². The predicted octanol–water partition coefficient (Wildman–Crippen LogP) is 4.19. The molecule has 2 aromatic rings. The lowest BCUT2D eigenvalue weighted by Gasteiger charge is -2.40. The summed E-state index contributed by atoms with van der Waals surface area (Å²) in [5, 5.41) is 23.3. The topological polar surface area (TPSA) is 97.5 Å². The van der Waals surface area contributed by atoms with Crippen molar-refractivity contribution in [3.05, 3.63) is 29.0 Å². The van der Waals surface area contributed by atoms with Gasteiger partial charge in [-0.3, -0.25) is 0 Å². The van der Waals surface area contributed by atoms with E-state index in [4.69, 9.17) is 4.74 Å². The van der Waals surface area contributed by atoms with Crippen molar-refractivity contribution < 1.29 is 23.0 Å². The zero-order valence-electron chi connectivity index (χ0n) is 22.0. The molecule has 3 unspecified atom stereocenters. The minimum absolute atomic E-state index is 0.0645. The number of fused-ring (bicyclic) bond motifs is 2. The maximum absolute atomic E-state index is 12.9. The molecule has 2 fully saturated rings. The van der Waals surface area contributed by atoms with Crippen molar-refractivity contribution in [2.45, 2.75) is 62.9 Å². The lowest BCUT2D eigenvalue weighted by Crippen LogP contribution is -2.45. The number of allylic oxidation sites excluding steroid dienone is 1. The van der Waals surface area contributed by atoms with Crippen LogP contribution in [0.3, 0.4) is 0 Å². The van der Waals surface area contributed by atoms with Crippen LogP contribution in [0.25, 0.3) is 10.2 Å². The molecule has 1 saturated carbocycles. The summed E-state index contributed by atoms with van der Waals surface area (Å²) in [5.41, 5.74) is 0.697. The Morgan fingerprint density at radius 2 is 2.05 bits per heavy atom. The van der Waals surface area contributed by atoms with Crippen LogP contribution in [0.15, 0.2) is 24.2 Å². The summed E-state index contributed by atoms with van der Waals surface area (Å²) in [6.45, 7) is 3.41. The second-order valence-electron chi connectivity index (χ2n) is 10.9. The lowest BCUT2D eigenvalue weighted by atomic mass is 9.78. The Balaban J connectivity index is 1.12. The number of hydrogen-bond acceptors (Lipinski definition) is 9. The molecule has 5 rings (SSSR count). The van der Waals surface area contributed by atoms with Gasteiger partial charge in [-0.15, -0.1) is 11.3 Å². The highest BCUT2D eigenvalue weighted by molar-refractivity contribution is 7.18. The molecule has 2 aliphatic heterocycles. The van der Waals surface area contributed by atoms with E-state index >= 15 is 0 Å². The molecule has 2 aromatic heterocycles. The van der Waals surface area contributed by atoms with Gasteiger partial charge in [-0.05, 0) is 50.2 Å². The monoisotopic (exact) mass is 564 g/mol. The molecule has 1 saturated heterocycles. The summed E-state index contributed by atoms with van der Waals surface area (Å²) in [7, 11) is 1.59. The molecule has 0 spiro atoms. The number of aliphatic hydroxyl groups is 1. The number of nitrogens with one attached hydrogen (secondary N) is 1. The van der Waals surface area contributed by atoms with Crippen LogP contribution in [-0.2, 0) is 11.2 Å². The third kappa shape index (κ3) is 6.65. The van der Waals surface area contributed by atoms with E-state index in [0.717, 1.165) is 63.1 Å². The zero-order valence-corrected chi connectivity index (χ0v) is 22.8. The number of thiophene rings is 1. The number of aromatic nitrogens is 2. The van der Waals surface area contributed by atoms with Crippen LogP contribution in [0.2, 0.25) is 0 Å². The molecule has 2 N–H and O–H groups in total. The molecule has 1 aliphatic carbocycles. The molecule has 4 heterocycles. The quantitative estimate of drug-likeness (QED) is 0.468. The van der Waals surface area contributed by atoms with Crippen LogP contribution in [0, 0.1) is 23.2 Å². The highest BCUT2D eigenvalue weighted by Gasteiger charge is 2.40. The molecule has 212 valence electrons. The maximum atomic E-state index is 12.9. The predicted molar refractivity (Wildman–Crippen MR) is 143 cm³/mol. The molecule has 8 nitrogen and oxygen atoms in total. The van der Waals surface area contributed by atoms with Crippen molar-refractivity contribution in [3.8, 4) is 6.07 Å². The summed E-state index contributed by atoms with van der Waals surface area (Å²) < 4.78 is 43.9. The summed E-state index contributed by atoms with van der Waals surface area (Å²) in [6, 6.07) is 4.42. The van der Waals surface area contributed by atoms with Crippen LogP contribution >= 0.6 is 11.3 Å². The fourth-order valence-corrected chi connectivity index (χ4v) is 7.40. The fourth-order valence-electron chi connectivity index (χ4n) is 6.37. The van der Waals surface area contributed by atoms with Crippen molar-refractivity contribution in [3.63, 3.8) is 0 Å². The molecule has 4 atom stereocenters. The van der Waals surface area contributed by atoms with Crippen molar-refractivity contribution >= 4 is 27.4 Å². The molecule has 0 bridgehead atoms. The third-order valence-electron chi connectivity index (χ3n) is 8.30. The number of halogens is 3. The average Bonchev–Trinajstić information content (AvgIpc) is 3.47. The molecule has 0 radical (unpaired) electrons. The molecule has 39 heavy (non-hydrogen) atoms. The number of nitrogens with zero attached hydrogens (tertiary/aromatic N) is 5. The van der Waals surface area contributed by atoms with E-state index in [1.807, 2.05) is 0 Å². The average molecular weight is 565 g/mol. The van der Waals surface area contributed by atoms with Crippen molar-refractivity contribution in [1.82, 2.24) is 19.8 Å². The van der Waals surface area contributed by atoms with E-state index in [2.05, 4.69) is 37.2 Å². The van der Waals surface area contributed by atoms with Gasteiger partial charge < -0.3 is 25.0 Å². The summed E-state index contributed by atoms with van der Waals surface area (Å²) >= 11 is 1.07. The van der Waals surface area contributed by atoms with E-state index in [0.29, 0.717) is 46.2 Å². The Labute approximate surface area is 230 Å². The number of ether oxygens (including phenoxy) is 1. The molecule has 0 aromatic carbocycles. The fraction of sp³-hybridized carbons (Fsp3) is 0.667. The van der Waals surface area contributed by atoms with Crippen LogP contribution in [0.5, 0.6) is 0 Å². The number of likely N-dealkylation sites (tertiary alicyclic amines) is 1. The van der Waals surface area contributed by atoms with Gasteiger partial charge in [-0.1, -0.05) is 0 Å². The number of anilines is 1. The second-order valence-corrected chi connectivity index (χ2v) is 12.0. The highest BCUT2D eigenvalue weighted by Crippen LogP contribution is 2.40. The number of nitriles is 1. The van der Waals surface area contributed by atoms with Crippen LogP contribution in [0.1, 0.15) is 37.0 Å². The number of hydrogen-bond donors (Lipinski definition) is 2. The molecule has 12 heteroatoms. The smallest absolute Gasteiger partial charge is 0.393 e. The van der Waals surface area contributed by atoms with Gasteiger partial charge in [0.2, 0.25) is 0 Å². The van der Waals surface area contributed by atoms with Crippen LogP contribution in [-0.4, -0.2) is 89.1 Å². The summed E-state index contributed by atoms with van der Waals surface area (Å²) in [5.74, 6) is 1.54. The number of methoxy groups -OCH3 is 1. The first kappa shape index (κ1) is 28.1. The van der Waals surface area contributed by atoms with Gasteiger partial charge in [0.1, 0.15) is 28.7 Å². The Morgan fingerprint density at radius 3 is 2.74 bits per heavy atom. The molecular formula is C27H35F3N6O2S. The number of rotatable bonds is 9. The highest BCUT2D eigenvalue weighted by atomic mass is 32.1. The van der Waals surface area contributed by atoms with Crippen molar-refractivity contribution in [1.29, 1.82) is 5.26 Å². The SMILES string of the molecule is CO[C@@H](CO)CN1C(C#N)=CC2CC(CN3CCC(Nc4ncnc5sc(CC(F)(F)F)cc45)CC3)CCC21. The van der Waals surface area contributed by atoms with E-state index in [1.165, 1.54) is 6.33 Å². The van der Waals surface area contributed by atoms with Crippen molar-refractivity contribution in [2.75, 3.05) is 45.2 Å². The summed E-state index contributed by atoms with van der Waals surface area (Å²) in [6.07, 6.45) is 3.11. The number of aliphatic hydroxyl groups excluding tert-OH is 1. The molecular weight excluding hydrogens is 529 g/mol. The van der Waals surface area contributed by atoms with E-state index in [1.54, 1.807) is 13.2 Å². The minimum Gasteiger partial charge on any atom is -0.394 e. The second kappa shape index (κ2) is 12.0. The van der Waals surface area contributed by atoms with E-state index in [9.17, 15) is 23.5 Å². The number of alkyl halides is 3. The minimum atomic E-state index is -4.24. The van der Waals surface area contributed by atoms with Gasteiger partial charge >= 0.3 is 6.18 Å². The largest absolute Gasteiger partial charge is 0.394 e. The first-order chi connectivity index (χ1) is 18.8. The Bertz CT molecular complexity index is 1200. The normalized spacial score (nSPS) is 25.4. The standard InChI is InChI=1S/C27H35F3N6O2S/c1-38-21(15-37)14-36-20(12-31)9-18-8-17(2-3-24(18)36)13-35-6-4-19(5-7-35)34-25-23-10-22(11-27(28,29)30)39-26(23)33-16-32-25/h9-10,16-19,21,24,37H,2-8,11,13-15H2,1H3,(H,32,33,34)/t17?,18?,21-,24?/m1/s1. The lowest BCUT2D eigenvalue weighted by molar-refractivity contribution is -0.126. The Kier molecular flexibility index (Phi) is 8.61. The van der Waals surface area contributed by atoms with Gasteiger partial charge in [0.15, 0.2) is 0 Å². The van der Waals surface area contributed by atoms with E-state index < -0.39 is 12.6 Å². The van der Waals surface area contributed by atoms with Crippen molar-refractivity contribution in [2.24, 2.45) is 11.8 Å². The maximum Gasteiger partial charge on any atom is 0.393 e. The third-order valence-corrected chi connectivity index (χ3v) is 9.35. The first-order valence-electron chi connectivity index (χ1n) is 13.6. The molecule has 3 aliphatic rings. The van der Waals surface area contributed by atoms with Gasteiger partial charge in [-0.2, -0.15) is 18.4 Å². The Morgan fingerprint density at radius 1 is 1.26 bits per heavy atom. The Hall–Kier alpha value is -2.46. The van der Waals surface area contributed by atoms with Gasteiger partial charge in [0.25, 0.3) is 0 Å². The number of piperidine rings is 1.